The van der Waals surface area contributed by atoms with E-state index in [2.05, 4.69) is 32.6 Å². The van der Waals surface area contributed by atoms with Crippen molar-refractivity contribution in [1.29, 1.82) is 0 Å². The predicted molar refractivity (Wildman–Crippen MR) is 77.6 cm³/mol. The summed E-state index contributed by atoms with van der Waals surface area (Å²) in [6.07, 6.45) is 4.39. The second-order valence-electron chi connectivity index (χ2n) is 6.51. The Kier molecular flexibility index (Phi) is 2.94. The lowest BCUT2D eigenvalue weighted by atomic mass is 9.59. The first-order valence-electron chi connectivity index (χ1n) is 7.34. The second kappa shape index (κ2) is 4.38. The minimum Gasteiger partial charge on any atom is -0.508 e. The maximum absolute atomic E-state index is 9.80. The number of fused-ring (bicyclic) bond motifs is 4. The van der Waals surface area contributed by atoms with E-state index >= 15 is 0 Å². The molecule has 1 aliphatic heterocycles. The van der Waals surface area contributed by atoms with Crippen LogP contribution in [0.4, 0.5) is 0 Å². The van der Waals surface area contributed by atoms with Crippen LogP contribution in [0, 0.1) is 5.92 Å². The molecule has 102 valence electrons. The summed E-state index contributed by atoms with van der Waals surface area (Å²) >= 11 is 0. The molecule has 3 rings (SSSR count). The maximum atomic E-state index is 9.80. The largest absolute Gasteiger partial charge is 0.508 e. The molecule has 0 radical (unpaired) electrons. The van der Waals surface area contributed by atoms with Crippen LogP contribution in [0.2, 0.25) is 0 Å². The average Bonchev–Trinajstić information content (AvgIpc) is 2.38. The summed E-state index contributed by atoms with van der Waals surface area (Å²) < 4.78 is 0. The minimum atomic E-state index is 0.224. The Bertz CT molecular complexity index is 510. The van der Waals surface area contributed by atoms with Gasteiger partial charge in [0.05, 0.1) is 19.1 Å². The zero-order valence-electron chi connectivity index (χ0n) is 11.9. The molecule has 4 unspecified atom stereocenters. The number of hydrogen-bond donors (Lipinski definition) is 2. The van der Waals surface area contributed by atoms with Crippen molar-refractivity contribution < 1.29 is 10.0 Å². The minimum absolute atomic E-state index is 0.224. The third-order valence-corrected chi connectivity index (χ3v) is 5.65. The third-order valence-electron chi connectivity index (χ3n) is 5.65. The summed E-state index contributed by atoms with van der Waals surface area (Å²) in [5.74, 6) is 1.07. The summed E-state index contributed by atoms with van der Waals surface area (Å²) in [7, 11) is 0. The fraction of sp³-hybridized carbons (Fsp3) is 0.529. The van der Waals surface area contributed by atoms with Crippen molar-refractivity contribution in [1.82, 2.24) is 0 Å². The smallest absolute Gasteiger partial charge is 0.115 e. The van der Waals surface area contributed by atoms with Gasteiger partial charge in [-0.15, -0.1) is 0 Å². The lowest BCUT2D eigenvalue weighted by Crippen LogP contribution is -3.18. The zero-order chi connectivity index (χ0) is 13.6. The topological polar surface area (TPSA) is 24.7 Å². The molecule has 1 aliphatic carbocycles. The van der Waals surface area contributed by atoms with E-state index in [9.17, 15) is 5.11 Å². The molecule has 2 nitrogen and oxygen atoms in total. The molecule has 0 amide bonds. The second-order valence-corrected chi connectivity index (χ2v) is 6.51. The Morgan fingerprint density at radius 1 is 1.53 bits per heavy atom. The van der Waals surface area contributed by atoms with Crippen LogP contribution in [0.1, 0.15) is 31.4 Å². The first kappa shape index (κ1) is 12.7. The number of phenolic OH excluding ortho intramolecular Hbond substituents is 1. The van der Waals surface area contributed by atoms with Gasteiger partial charge in [-0.05, 0) is 29.3 Å². The van der Waals surface area contributed by atoms with Crippen LogP contribution in [0.3, 0.4) is 0 Å². The van der Waals surface area contributed by atoms with Crippen LogP contribution in [0.15, 0.2) is 30.9 Å². The number of quaternary nitrogens is 1. The van der Waals surface area contributed by atoms with E-state index in [1.54, 1.807) is 4.90 Å². The SMILES string of the molecule is C=CC[NH+]1CCC2(C)c3cc(O)ccc3CC1C2C. The number of hydrogen-bond acceptors (Lipinski definition) is 1. The number of nitrogens with one attached hydrogen (secondary N) is 1. The quantitative estimate of drug-likeness (QED) is 0.775. The molecule has 2 heteroatoms. The lowest BCUT2D eigenvalue weighted by Gasteiger charge is -2.52. The Labute approximate surface area is 115 Å². The molecular weight excluding hydrogens is 234 g/mol. The lowest BCUT2D eigenvalue weighted by molar-refractivity contribution is -0.931. The van der Waals surface area contributed by atoms with Crippen molar-refractivity contribution in [3.8, 4) is 5.75 Å². The van der Waals surface area contributed by atoms with Gasteiger partial charge >= 0.3 is 0 Å². The van der Waals surface area contributed by atoms with E-state index in [1.807, 2.05) is 12.1 Å². The fourth-order valence-electron chi connectivity index (χ4n) is 4.28. The number of piperidine rings is 1. The molecule has 2 N–H and O–H groups in total. The highest BCUT2D eigenvalue weighted by atomic mass is 16.3. The van der Waals surface area contributed by atoms with Crippen molar-refractivity contribution in [2.24, 2.45) is 5.92 Å². The number of benzene rings is 1. The van der Waals surface area contributed by atoms with Crippen LogP contribution < -0.4 is 4.90 Å². The first-order valence-corrected chi connectivity index (χ1v) is 7.34. The Morgan fingerprint density at radius 2 is 2.32 bits per heavy atom. The molecule has 1 saturated heterocycles. The molecule has 0 spiro atoms. The fourth-order valence-corrected chi connectivity index (χ4v) is 4.28. The molecule has 1 aromatic carbocycles. The van der Waals surface area contributed by atoms with Crippen molar-refractivity contribution in [3.63, 3.8) is 0 Å². The monoisotopic (exact) mass is 258 g/mol. The highest BCUT2D eigenvalue weighted by Crippen LogP contribution is 2.45. The molecule has 2 bridgehead atoms. The van der Waals surface area contributed by atoms with Crippen LogP contribution >= 0.6 is 0 Å². The van der Waals surface area contributed by atoms with Gasteiger partial charge in [-0.2, -0.15) is 0 Å². The van der Waals surface area contributed by atoms with Crippen LogP contribution in [-0.2, 0) is 11.8 Å². The van der Waals surface area contributed by atoms with E-state index in [-0.39, 0.29) is 5.41 Å². The van der Waals surface area contributed by atoms with Gasteiger partial charge in [0.2, 0.25) is 0 Å². The van der Waals surface area contributed by atoms with Crippen LogP contribution in [0.5, 0.6) is 5.75 Å². The predicted octanol–water partition coefficient (Wildman–Crippen LogP) is 1.69. The Morgan fingerprint density at radius 3 is 3.05 bits per heavy atom. The van der Waals surface area contributed by atoms with E-state index in [0.717, 1.165) is 13.0 Å². The van der Waals surface area contributed by atoms with Gasteiger partial charge in [0.15, 0.2) is 0 Å². The van der Waals surface area contributed by atoms with Crippen LogP contribution in [-0.4, -0.2) is 24.2 Å². The van der Waals surface area contributed by atoms with Gasteiger partial charge in [-0.3, -0.25) is 0 Å². The molecule has 1 heterocycles. The van der Waals surface area contributed by atoms with E-state index < -0.39 is 0 Å². The van der Waals surface area contributed by atoms with Gasteiger partial charge in [-0.25, -0.2) is 0 Å². The molecule has 2 aliphatic rings. The molecule has 1 fully saturated rings. The van der Waals surface area contributed by atoms with Gasteiger partial charge in [0.25, 0.3) is 0 Å². The molecule has 19 heavy (non-hydrogen) atoms. The van der Waals surface area contributed by atoms with Crippen molar-refractivity contribution in [2.75, 3.05) is 13.1 Å². The molecule has 1 aromatic rings. The highest BCUT2D eigenvalue weighted by molar-refractivity contribution is 5.43. The van der Waals surface area contributed by atoms with Crippen molar-refractivity contribution >= 4 is 0 Å². The van der Waals surface area contributed by atoms with E-state index in [4.69, 9.17) is 0 Å². The summed E-state index contributed by atoms with van der Waals surface area (Å²) in [5.41, 5.74) is 3.04. The Balaban J connectivity index is 2.06. The highest BCUT2D eigenvalue weighted by Gasteiger charge is 2.50. The van der Waals surface area contributed by atoms with Gasteiger partial charge in [0.1, 0.15) is 5.75 Å². The van der Waals surface area contributed by atoms with Crippen molar-refractivity contribution in [3.05, 3.63) is 42.0 Å². The molecule has 0 saturated carbocycles. The van der Waals surface area contributed by atoms with Gasteiger partial charge in [-0.1, -0.05) is 26.5 Å². The molecular formula is C17H24NO+. The summed E-state index contributed by atoms with van der Waals surface area (Å²) in [6.45, 7) is 11.0. The average molecular weight is 258 g/mol. The van der Waals surface area contributed by atoms with Crippen LogP contribution in [0.25, 0.3) is 0 Å². The Hall–Kier alpha value is -1.28. The van der Waals surface area contributed by atoms with Crippen molar-refractivity contribution in [2.45, 2.75) is 38.1 Å². The molecule has 0 aromatic heterocycles. The maximum Gasteiger partial charge on any atom is 0.115 e. The standard InChI is InChI=1S/C17H23NO/c1-4-8-18-9-7-17(3)12(2)16(18)10-13-5-6-14(19)11-15(13)17/h4-6,11-12,16,19H,1,7-10H2,2-3H3/p+1. The van der Waals surface area contributed by atoms with Gasteiger partial charge in [0, 0.05) is 24.2 Å². The summed E-state index contributed by atoms with van der Waals surface area (Å²) in [4.78, 5) is 1.68. The first-order chi connectivity index (χ1) is 9.06. The number of aromatic hydroxyl groups is 1. The normalized spacial score (nSPS) is 36.6. The van der Waals surface area contributed by atoms with Gasteiger partial charge < -0.3 is 10.0 Å². The summed E-state index contributed by atoms with van der Waals surface area (Å²) in [5, 5.41) is 9.80. The summed E-state index contributed by atoms with van der Waals surface area (Å²) in [6, 6.07) is 6.65. The van der Waals surface area contributed by atoms with E-state index in [1.165, 1.54) is 24.1 Å². The third kappa shape index (κ3) is 1.81. The zero-order valence-corrected chi connectivity index (χ0v) is 11.9. The number of phenols is 1. The number of rotatable bonds is 2. The number of likely N-dealkylation sites (tertiary alicyclic amines) is 1. The van der Waals surface area contributed by atoms with E-state index in [0.29, 0.717) is 17.7 Å². The molecule has 4 atom stereocenters.